The van der Waals surface area contributed by atoms with E-state index < -0.39 is 17.9 Å². The zero-order chi connectivity index (χ0) is 32.4. The van der Waals surface area contributed by atoms with Crippen molar-refractivity contribution in [2.45, 2.75) is 46.0 Å². The van der Waals surface area contributed by atoms with E-state index in [0.29, 0.717) is 91.8 Å². The van der Waals surface area contributed by atoms with Crippen LogP contribution in [0.25, 0.3) is 0 Å². The minimum absolute atomic E-state index is 0.301. The molecule has 0 atom stereocenters. The van der Waals surface area contributed by atoms with Gasteiger partial charge in [-0.1, -0.05) is 13.5 Å². The van der Waals surface area contributed by atoms with Gasteiger partial charge >= 0.3 is 23.9 Å². The van der Waals surface area contributed by atoms with Gasteiger partial charge in [0.2, 0.25) is 0 Å². The second-order valence-electron chi connectivity index (χ2n) is 9.77. The van der Waals surface area contributed by atoms with Gasteiger partial charge in [0.05, 0.1) is 37.6 Å². The van der Waals surface area contributed by atoms with E-state index in [1.807, 2.05) is 6.92 Å². The van der Waals surface area contributed by atoms with Crippen LogP contribution in [-0.4, -0.2) is 50.3 Å². The number of carbonyl (C=O) groups is 4. The van der Waals surface area contributed by atoms with Crippen LogP contribution in [0.1, 0.15) is 65.8 Å². The van der Waals surface area contributed by atoms with Crippen molar-refractivity contribution in [1.29, 1.82) is 0 Å². The molecule has 45 heavy (non-hydrogen) atoms. The van der Waals surface area contributed by atoms with Crippen molar-refractivity contribution in [2.24, 2.45) is 0 Å². The molecule has 0 N–H and O–H groups in total. The molecule has 3 aromatic carbocycles. The summed E-state index contributed by atoms with van der Waals surface area (Å²) in [7, 11) is 0. The van der Waals surface area contributed by atoms with E-state index in [-0.39, 0.29) is 5.97 Å². The maximum atomic E-state index is 12.8. The fourth-order valence-electron chi connectivity index (χ4n) is 3.93. The SMILES string of the molecule is C=CC(=O)OCCCCOc1ccc(C(=O)Oc2ccc(OC(=O)c3ccc(OCCCCOC(C)=O)cc3)cc2CC)cc1. The predicted octanol–water partition coefficient (Wildman–Crippen LogP) is 6.30. The Kier molecular flexibility index (Phi) is 14.1. The Morgan fingerprint density at radius 1 is 0.644 bits per heavy atom. The number of ether oxygens (including phenoxy) is 6. The first kappa shape index (κ1) is 34.4. The summed E-state index contributed by atoms with van der Waals surface area (Å²) in [4.78, 5) is 47.3. The van der Waals surface area contributed by atoms with E-state index in [2.05, 4.69) is 6.58 Å². The van der Waals surface area contributed by atoms with E-state index >= 15 is 0 Å². The van der Waals surface area contributed by atoms with Crippen molar-refractivity contribution < 1.29 is 47.6 Å². The van der Waals surface area contributed by atoms with Crippen LogP contribution < -0.4 is 18.9 Å². The number of aryl methyl sites for hydroxylation is 1. The van der Waals surface area contributed by atoms with Gasteiger partial charge in [-0.15, -0.1) is 0 Å². The predicted molar refractivity (Wildman–Crippen MR) is 166 cm³/mol. The molecule has 238 valence electrons. The number of benzene rings is 3. The van der Waals surface area contributed by atoms with Crippen LogP contribution in [0.15, 0.2) is 79.4 Å². The smallest absolute Gasteiger partial charge is 0.343 e. The highest BCUT2D eigenvalue weighted by Crippen LogP contribution is 2.27. The molecule has 0 amide bonds. The first-order chi connectivity index (χ1) is 21.8. The van der Waals surface area contributed by atoms with Crippen molar-refractivity contribution in [2.75, 3.05) is 26.4 Å². The third-order valence-electron chi connectivity index (χ3n) is 6.34. The average Bonchev–Trinajstić information content (AvgIpc) is 3.05. The van der Waals surface area contributed by atoms with E-state index in [1.54, 1.807) is 66.7 Å². The molecule has 10 nitrogen and oxygen atoms in total. The van der Waals surface area contributed by atoms with Gasteiger partial charge < -0.3 is 28.4 Å². The monoisotopic (exact) mass is 618 g/mol. The molecule has 3 aromatic rings. The summed E-state index contributed by atoms with van der Waals surface area (Å²) in [5.74, 6) is 0.0945. The molecule has 3 rings (SSSR count). The first-order valence-corrected chi connectivity index (χ1v) is 14.7. The summed E-state index contributed by atoms with van der Waals surface area (Å²) in [6.07, 6.45) is 4.45. The van der Waals surface area contributed by atoms with Crippen LogP contribution in [0.4, 0.5) is 0 Å². The number of hydrogen-bond acceptors (Lipinski definition) is 10. The van der Waals surface area contributed by atoms with Crippen LogP contribution in [0, 0.1) is 0 Å². The number of hydrogen-bond donors (Lipinski definition) is 0. The molecular formula is C35H38O10. The Bertz CT molecular complexity index is 1430. The molecule has 0 saturated heterocycles. The van der Waals surface area contributed by atoms with E-state index in [1.165, 1.54) is 6.92 Å². The molecule has 0 aliphatic carbocycles. The molecule has 0 bridgehead atoms. The highest BCUT2D eigenvalue weighted by atomic mass is 16.5. The molecule has 0 radical (unpaired) electrons. The number of esters is 4. The lowest BCUT2D eigenvalue weighted by atomic mass is 10.1. The largest absolute Gasteiger partial charge is 0.494 e. The van der Waals surface area contributed by atoms with Crippen LogP contribution in [0.2, 0.25) is 0 Å². The van der Waals surface area contributed by atoms with E-state index in [4.69, 9.17) is 28.4 Å². The molecule has 0 spiro atoms. The summed E-state index contributed by atoms with van der Waals surface area (Å²) < 4.78 is 32.3. The molecule has 0 unspecified atom stereocenters. The number of carbonyl (C=O) groups excluding carboxylic acids is 4. The summed E-state index contributed by atoms with van der Waals surface area (Å²) in [5, 5.41) is 0. The Morgan fingerprint density at radius 3 is 1.64 bits per heavy atom. The second kappa shape index (κ2) is 18.5. The van der Waals surface area contributed by atoms with Crippen molar-refractivity contribution in [3.63, 3.8) is 0 Å². The van der Waals surface area contributed by atoms with Crippen LogP contribution in [0.3, 0.4) is 0 Å². The molecular weight excluding hydrogens is 580 g/mol. The van der Waals surface area contributed by atoms with Crippen molar-refractivity contribution in [3.05, 3.63) is 96.1 Å². The standard InChI is InChI=1S/C35H38O10/c1-4-26-24-31(44-34(38)27-10-14-29(15-11-27)41-21-7-6-20-40-25(3)36)18-19-32(26)45-35(39)28-12-16-30(17-13-28)42-22-8-9-23-43-33(37)5-2/h5,10-19,24H,2,4,6-9,20-23H2,1,3H3. The van der Waals surface area contributed by atoms with Gasteiger partial charge in [0.25, 0.3) is 0 Å². The Labute approximate surface area is 262 Å². The van der Waals surface area contributed by atoms with Crippen molar-refractivity contribution >= 4 is 23.9 Å². The van der Waals surface area contributed by atoms with Gasteiger partial charge in [-0.25, -0.2) is 14.4 Å². The zero-order valence-corrected chi connectivity index (χ0v) is 25.6. The Hall–Kier alpha value is -5.12. The lowest BCUT2D eigenvalue weighted by Gasteiger charge is -2.12. The highest BCUT2D eigenvalue weighted by molar-refractivity contribution is 5.92. The van der Waals surface area contributed by atoms with Gasteiger partial charge in [-0.05, 0) is 104 Å². The van der Waals surface area contributed by atoms with Crippen molar-refractivity contribution in [1.82, 2.24) is 0 Å². The summed E-state index contributed by atoms with van der Waals surface area (Å²) in [6.45, 7) is 8.18. The maximum absolute atomic E-state index is 12.8. The summed E-state index contributed by atoms with van der Waals surface area (Å²) in [6, 6.07) is 18.1. The Balaban J connectivity index is 1.46. The molecule has 0 heterocycles. The highest BCUT2D eigenvalue weighted by Gasteiger charge is 2.15. The normalized spacial score (nSPS) is 10.4. The second-order valence-corrected chi connectivity index (χ2v) is 9.77. The molecule has 0 aliphatic rings. The zero-order valence-electron chi connectivity index (χ0n) is 25.6. The van der Waals surface area contributed by atoms with Crippen molar-refractivity contribution in [3.8, 4) is 23.0 Å². The summed E-state index contributed by atoms with van der Waals surface area (Å²) in [5.41, 5.74) is 1.41. The molecule has 0 aromatic heterocycles. The number of unbranched alkanes of at least 4 members (excludes halogenated alkanes) is 2. The molecule has 10 heteroatoms. The maximum Gasteiger partial charge on any atom is 0.343 e. The molecule has 0 aliphatic heterocycles. The van der Waals surface area contributed by atoms with Gasteiger partial charge in [-0.2, -0.15) is 0 Å². The van der Waals surface area contributed by atoms with Gasteiger partial charge in [0, 0.05) is 13.0 Å². The molecule has 0 fully saturated rings. The van der Waals surface area contributed by atoms with Gasteiger partial charge in [-0.3, -0.25) is 4.79 Å². The number of rotatable bonds is 18. The van der Waals surface area contributed by atoms with Crippen LogP contribution in [0.5, 0.6) is 23.0 Å². The fraction of sp³-hybridized carbons (Fsp3) is 0.314. The van der Waals surface area contributed by atoms with E-state index in [9.17, 15) is 19.2 Å². The summed E-state index contributed by atoms with van der Waals surface area (Å²) >= 11 is 0. The minimum Gasteiger partial charge on any atom is -0.494 e. The third kappa shape index (κ3) is 12.2. The minimum atomic E-state index is -0.534. The fourth-order valence-corrected chi connectivity index (χ4v) is 3.93. The quantitative estimate of drug-likeness (QED) is 0.0695. The van der Waals surface area contributed by atoms with E-state index in [0.717, 1.165) is 12.5 Å². The Morgan fingerprint density at radius 2 is 1.13 bits per heavy atom. The van der Waals surface area contributed by atoms with Gasteiger partial charge in [0.1, 0.15) is 23.0 Å². The lowest BCUT2D eigenvalue weighted by Crippen LogP contribution is -2.11. The third-order valence-corrected chi connectivity index (χ3v) is 6.34. The van der Waals surface area contributed by atoms with Gasteiger partial charge in [0.15, 0.2) is 0 Å². The van der Waals surface area contributed by atoms with Crippen LogP contribution in [-0.2, 0) is 25.5 Å². The molecule has 0 saturated carbocycles. The topological polar surface area (TPSA) is 124 Å². The lowest BCUT2D eigenvalue weighted by molar-refractivity contribution is -0.141. The first-order valence-electron chi connectivity index (χ1n) is 14.7. The average molecular weight is 619 g/mol. The van der Waals surface area contributed by atoms with Crippen LogP contribution >= 0.6 is 0 Å².